The van der Waals surface area contributed by atoms with Crippen LogP contribution in [0.2, 0.25) is 0 Å². The third-order valence-electron chi connectivity index (χ3n) is 3.55. The second kappa shape index (κ2) is 5.44. The van der Waals surface area contributed by atoms with Gasteiger partial charge in [-0.15, -0.1) is 0 Å². The van der Waals surface area contributed by atoms with Crippen LogP contribution in [0.15, 0.2) is 53.3 Å². The van der Waals surface area contributed by atoms with E-state index in [0.717, 1.165) is 33.3 Å². The molecule has 0 aliphatic carbocycles. The average molecular weight is 279 g/mol. The van der Waals surface area contributed by atoms with Crippen LogP contribution in [0.4, 0.5) is 0 Å². The van der Waals surface area contributed by atoms with E-state index in [1.807, 2.05) is 50.2 Å². The lowest BCUT2D eigenvalue weighted by atomic mass is 10.0. The summed E-state index contributed by atoms with van der Waals surface area (Å²) in [6, 6.07) is 15.7. The molecule has 21 heavy (non-hydrogen) atoms. The van der Waals surface area contributed by atoms with E-state index in [2.05, 4.69) is 11.1 Å². The molecule has 3 nitrogen and oxygen atoms in total. The van der Waals surface area contributed by atoms with E-state index in [4.69, 9.17) is 4.74 Å². The molecule has 0 amide bonds. The summed E-state index contributed by atoms with van der Waals surface area (Å²) in [5.74, 6) is 0.876. The van der Waals surface area contributed by atoms with Gasteiger partial charge in [0.2, 0.25) is 5.56 Å². The highest BCUT2D eigenvalue weighted by molar-refractivity contribution is 5.87. The summed E-state index contributed by atoms with van der Waals surface area (Å²) in [6.45, 7) is 4.57. The molecule has 3 aromatic rings. The van der Waals surface area contributed by atoms with Crippen LogP contribution in [0.1, 0.15) is 12.5 Å². The van der Waals surface area contributed by atoms with Crippen LogP contribution in [0.3, 0.4) is 0 Å². The van der Waals surface area contributed by atoms with Gasteiger partial charge in [-0.3, -0.25) is 4.79 Å². The first-order valence-electron chi connectivity index (χ1n) is 7.05. The van der Waals surface area contributed by atoms with Crippen molar-refractivity contribution in [3.63, 3.8) is 0 Å². The SMILES string of the molecule is CCOc1ccccc1-c1ccc2[nH]c(=O)cc(C)c2c1. The number of aryl methyl sites for hydroxylation is 1. The first kappa shape index (κ1) is 13.4. The highest BCUT2D eigenvalue weighted by Crippen LogP contribution is 2.32. The molecule has 3 rings (SSSR count). The third kappa shape index (κ3) is 2.55. The molecular formula is C18H17NO2. The molecule has 1 N–H and O–H groups in total. The number of aromatic nitrogens is 1. The maximum Gasteiger partial charge on any atom is 0.248 e. The Morgan fingerprint density at radius 1 is 1.10 bits per heavy atom. The Labute approximate surface area is 123 Å². The van der Waals surface area contributed by atoms with E-state index in [-0.39, 0.29) is 5.56 Å². The van der Waals surface area contributed by atoms with E-state index in [1.165, 1.54) is 0 Å². The topological polar surface area (TPSA) is 42.1 Å². The molecule has 0 unspecified atom stereocenters. The summed E-state index contributed by atoms with van der Waals surface area (Å²) >= 11 is 0. The van der Waals surface area contributed by atoms with Gasteiger partial charge in [0.1, 0.15) is 5.75 Å². The predicted octanol–water partition coefficient (Wildman–Crippen LogP) is 3.90. The molecule has 2 aromatic carbocycles. The largest absolute Gasteiger partial charge is 0.493 e. The number of hydrogen-bond donors (Lipinski definition) is 1. The molecule has 1 aromatic heterocycles. The summed E-state index contributed by atoms with van der Waals surface area (Å²) in [5.41, 5.74) is 3.91. The number of para-hydroxylation sites is 1. The van der Waals surface area contributed by atoms with E-state index in [0.29, 0.717) is 6.61 Å². The molecule has 0 saturated heterocycles. The average Bonchev–Trinajstić information content (AvgIpc) is 2.48. The number of aromatic amines is 1. The van der Waals surface area contributed by atoms with Crippen molar-refractivity contribution in [1.29, 1.82) is 0 Å². The quantitative estimate of drug-likeness (QED) is 0.790. The lowest BCUT2D eigenvalue weighted by Gasteiger charge is -2.11. The van der Waals surface area contributed by atoms with Gasteiger partial charge < -0.3 is 9.72 Å². The number of pyridine rings is 1. The molecule has 106 valence electrons. The summed E-state index contributed by atoms with van der Waals surface area (Å²) < 4.78 is 5.70. The lowest BCUT2D eigenvalue weighted by molar-refractivity contribution is 0.341. The number of rotatable bonds is 3. The number of fused-ring (bicyclic) bond motifs is 1. The minimum absolute atomic E-state index is 0.0672. The highest BCUT2D eigenvalue weighted by atomic mass is 16.5. The normalized spacial score (nSPS) is 10.8. The van der Waals surface area contributed by atoms with E-state index >= 15 is 0 Å². The van der Waals surface area contributed by atoms with E-state index in [9.17, 15) is 4.79 Å². The van der Waals surface area contributed by atoms with Crippen LogP contribution in [0.5, 0.6) is 5.75 Å². The number of ether oxygens (including phenoxy) is 1. The fraction of sp³-hybridized carbons (Fsp3) is 0.167. The van der Waals surface area contributed by atoms with Crippen molar-refractivity contribution in [2.45, 2.75) is 13.8 Å². The number of benzene rings is 2. The van der Waals surface area contributed by atoms with Crippen LogP contribution in [0.25, 0.3) is 22.0 Å². The maximum absolute atomic E-state index is 11.5. The molecule has 0 saturated carbocycles. The fourth-order valence-corrected chi connectivity index (χ4v) is 2.58. The standard InChI is InChI=1S/C18H17NO2/c1-3-21-17-7-5-4-6-14(17)13-8-9-16-15(11-13)12(2)10-18(20)19-16/h4-11H,3H2,1-2H3,(H,19,20). The zero-order valence-corrected chi connectivity index (χ0v) is 12.1. The monoisotopic (exact) mass is 279 g/mol. The predicted molar refractivity (Wildman–Crippen MR) is 85.9 cm³/mol. The van der Waals surface area contributed by atoms with Crippen molar-refractivity contribution in [2.75, 3.05) is 6.61 Å². The Kier molecular flexibility index (Phi) is 3.48. The van der Waals surface area contributed by atoms with Crippen LogP contribution in [-0.4, -0.2) is 11.6 Å². The first-order chi connectivity index (χ1) is 10.2. The van der Waals surface area contributed by atoms with Crippen LogP contribution < -0.4 is 10.3 Å². The van der Waals surface area contributed by atoms with Gasteiger partial charge in [-0.05, 0) is 43.2 Å². The summed E-state index contributed by atoms with van der Waals surface area (Å²) in [6.07, 6.45) is 0. The molecule has 0 fully saturated rings. The van der Waals surface area contributed by atoms with Crippen molar-refractivity contribution >= 4 is 10.9 Å². The van der Waals surface area contributed by atoms with Crippen molar-refractivity contribution in [3.8, 4) is 16.9 Å². The number of hydrogen-bond acceptors (Lipinski definition) is 2. The van der Waals surface area contributed by atoms with Gasteiger partial charge >= 0.3 is 0 Å². The fourth-order valence-electron chi connectivity index (χ4n) is 2.58. The Bertz CT molecular complexity index is 849. The highest BCUT2D eigenvalue weighted by Gasteiger charge is 2.07. The smallest absolute Gasteiger partial charge is 0.248 e. The number of nitrogens with one attached hydrogen (secondary N) is 1. The number of H-pyrrole nitrogens is 1. The second-order valence-corrected chi connectivity index (χ2v) is 5.01. The minimum Gasteiger partial charge on any atom is -0.493 e. The zero-order valence-electron chi connectivity index (χ0n) is 12.1. The van der Waals surface area contributed by atoms with Gasteiger partial charge in [-0.25, -0.2) is 0 Å². The van der Waals surface area contributed by atoms with Gasteiger partial charge in [0.15, 0.2) is 0 Å². The third-order valence-corrected chi connectivity index (χ3v) is 3.55. The second-order valence-electron chi connectivity index (χ2n) is 5.01. The van der Waals surface area contributed by atoms with Gasteiger partial charge in [0.05, 0.1) is 6.61 Å². The van der Waals surface area contributed by atoms with Gasteiger partial charge in [0.25, 0.3) is 0 Å². The Balaban J connectivity index is 2.20. The molecule has 1 heterocycles. The molecule has 0 atom stereocenters. The zero-order chi connectivity index (χ0) is 14.8. The lowest BCUT2D eigenvalue weighted by Crippen LogP contribution is -2.04. The van der Waals surface area contributed by atoms with Crippen LogP contribution in [0, 0.1) is 6.92 Å². The van der Waals surface area contributed by atoms with Crippen molar-refractivity contribution in [2.24, 2.45) is 0 Å². The molecule has 0 aliphatic heterocycles. The van der Waals surface area contributed by atoms with Gasteiger partial charge in [-0.2, -0.15) is 0 Å². The van der Waals surface area contributed by atoms with E-state index < -0.39 is 0 Å². The molecular weight excluding hydrogens is 262 g/mol. The first-order valence-corrected chi connectivity index (χ1v) is 7.05. The van der Waals surface area contributed by atoms with E-state index in [1.54, 1.807) is 6.07 Å². The van der Waals surface area contributed by atoms with Crippen molar-refractivity contribution < 1.29 is 4.74 Å². The van der Waals surface area contributed by atoms with Crippen LogP contribution in [-0.2, 0) is 0 Å². The summed E-state index contributed by atoms with van der Waals surface area (Å²) in [4.78, 5) is 14.4. The molecule has 0 bridgehead atoms. The Hall–Kier alpha value is -2.55. The summed E-state index contributed by atoms with van der Waals surface area (Å²) in [5, 5.41) is 1.05. The molecule has 0 spiro atoms. The van der Waals surface area contributed by atoms with Crippen LogP contribution >= 0.6 is 0 Å². The van der Waals surface area contributed by atoms with Gasteiger partial charge in [-0.1, -0.05) is 24.3 Å². The Morgan fingerprint density at radius 3 is 2.71 bits per heavy atom. The van der Waals surface area contributed by atoms with Gasteiger partial charge in [0, 0.05) is 22.5 Å². The van der Waals surface area contributed by atoms with Crippen molar-refractivity contribution in [1.82, 2.24) is 4.98 Å². The minimum atomic E-state index is -0.0672. The summed E-state index contributed by atoms with van der Waals surface area (Å²) in [7, 11) is 0. The van der Waals surface area contributed by atoms with Crippen molar-refractivity contribution in [3.05, 3.63) is 64.4 Å². The molecule has 0 radical (unpaired) electrons. The molecule has 0 aliphatic rings. The molecule has 3 heteroatoms. The maximum atomic E-state index is 11.5. The Morgan fingerprint density at radius 2 is 1.90 bits per heavy atom.